The highest BCUT2D eigenvalue weighted by Crippen LogP contribution is 2.28. The Hall–Kier alpha value is -1.75. The Morgan fingerprint density at radius 2 is 2.00 bits per heavy atom. The van der Waals surface area contributed by atoms with Crippen molar-refractivity contribution in [3.05, 3.63) is 23.8 Å². The van der Waals surface area contributed by atoms with Crippen molar-refractivity contribution >= 4 is 11.6 Å². The highest BCUT2D eigenvalue weighted by Gasteiger charge is 2.35. The fourth-order valence-electron chi connectivity index (χ4n) is 2.64. The maximum Gasteiger partial charge on any atom is 0.254 e. The molecule has 0 radical (unpaired) electrons. The molecule has 0 aliphatic carbocycles. The summed E-state index contributed by atoms with van der Waals surface area (Å²) >= 11 is 0. The number of nitrogens with two attached hydrogens (primary N) is 1. The van der Waals surface area contributed by atoms with Gasteiger partial charge in [-0.1, -0.05) is 0 Å². The summed E-state index contributed by atoms with van der Waals surface area (Å²) in [5, 5.41) is 9.54. The van der Waals surface area contributed by atoms with E-state index in [2.05, 4.69) is 0 Å². The highest BCUT2D eigenvalue weighted by atomic mass is 16.5. The first-order valence-electron chi connectivity index (χ1n) is 6.16. The second kappa shape index (κ2) is 4.17. The number of hydrogen-bond acceptors (Lipinski definition) is 4. The zero-order valence-corrected chi connectivity index (χ0v) is 10.0. The van der Waals surface area contributed by atoms with Gasteiger partial charge in [-0.25, -0.2) is 0 Å². The van der Waals surface area contributed by atoms with Gasteiger partial charge < -0.3 is 20.5 Å². The van der Waals surface area contributed by atoms with Gasteiger partial charge in [-0.05, 0) is 31.0 Å². The Morgan fingerprint density at radius 1 is 1.33 bits per heavy atom. The summed E-state index contributed by atoms with van der Waals surface area (Å²) in [5.74, 6) is -0.109. The topological polar surface area (TPSA) is 75.8 Å². The van der Waals surface area contributed by atoms with Crippen molar-refractivity contribution < 1.29 is 14.6 Å². The molecule has 5 heteroatoms. The largest absolute Gasteiger partial charge is 0.506 e. The fourth-order valence-corrected chi connectivity index (χ4v) is 2.64. The van der Waals surface area contributed by atoms with Crippen molar-refractivity contribution in [3.8, 4) is 5.75 Å². The first-order chi connectivity index (χ1) is 8.63. The maximum absolute atomic E-state index is 12.3. The molecule has 2 aliphatic heterocycles. The Kier molecular flexibility index (Phi) is 2.63. The Labute approximate surface area is 105 Å². The van der Waals surface area contributed by atoms with Gasteiger partial charge >= 0.3 is 0 Å². The van der Waals surface area contributed by atoms with E-state index in [0.717, 1.165) is 12.8 Å². The quantitative estimate of drug-likeness (QED) is 0.573. The highest BCUT2D eigenvalue weighted by molar-refractivity contribution is 5.95. The monoisotopic (exact) mass is 248 g/mol. The van der Waals surface area contributed by atoms with Crippen LogP contribution in [-0.2, 0) is 4.74 Å². The zero-order chi connectivity index (χ0) is 12.7. The molecule has 1 amide bonds. The van der Waals surface area contributed by atoms with Gasteiger partial charge in [-0.3, -0.25) is 4.79 Å². The number of benzene rings is 1. The van der Waals surface area contributed by atoms with E-state index in [0.29, 0.717) is 18.7 Å². The van der Waals surface area contributed by atoms with E-state index in [9.17, 15) is 9.90 Å². The zero-order valence-electron chi connectivity index (χ0n) is 10.0. The van der Waals surface area contributed by atoms with Gasteiger partial charge in [0.15, 0.2) is 0 Å². The summed E-state index contributed by atoms with van der Waals surface area (Å²) in [6.45, 7) is 1.28. The van der Waals surface area contributed by atoms with Crippen molar-refractivity contribution in [2.24, 2.45) is 0 Å². The van der Waals surface area contributed by atoms with Gasteiger partial charge in [-0.15, -0.1) is 0 Å². The number of carbonyl (C=O) groups excluding carboxylic acids is 1. The molecule has 1 aromatic carbocycles. The van der Waals surface area contributed by atoms with Crippen molar-refractivity contribution in [1.82, 2.24) is 4.90 Å². The van der Waals surface area contributed by atoms with Crippen LogP contribution in [0.1, 0.15) is 23.2 Å². The number of fused-ring (bicyclic) bond motifs is 2. The lowest BCUT2D eigenvalue weighted by Gasteiger charge is -2.32. The Balaban J connectivity index is 1.79. The predicted molar refractivity (Wildman–Crippen MR) is 66.3 cm³/mol. The third-order valence-electron chi connectivity index (χ3n) is 3.61. The SMILES string of the molecule is Nc1ccc(C(=O)N2CC3CCC(C2)O3)cc1O. The summed E-state index contributed by atoms with van der Waals surface area (Å²) in [5.41, 5.74) is 6.29. The summed E-state index contributed by atoms with van der Waals surface area (Å²) in [4.78, 5) is 14.1. The lowest BCUT2D eigenvalue weighted by Crippen LogP contribution is -2.45. The minimum atomic E-state index is -0.0644. The molecule has 2 atom stereocenters. The van der Waals surface area contributed by atoms with Gasteiger partial charge in [0.2, 0.25) is 0 Å². The summed E-state index contributed by atoms with van der Waals surface area (Å²) < 4.78 is 5.69. The molecule has 3 rings (SSSR count). The predicted octanol–water partition coefficient (Wildman–Crippen LogP) is 0.978. The second-order valence-electron chi connectivity index (χ2n) is 4.94. The number of aromatic hydroxyl groups is 1. The molecule has 96 valence electrons. The summed E-state index contributed by atoms with van der Waals surface area (Å²) in [6, 6.07) is 4.63. The molecule has 5 nitrogen and oxygen atoms in total. The molecule has 3 N–H and O–H groups in total. The van der Waals surface area contributed by atoms with Crippen molar-refractivity contribution in [2.45, 2.75) is 25.0 Å². The van der Waals surface area contributed by atoms with Crippen LogP contribution in [0, 0.1) is 0 Å². The standard InChI is InChI=1S/C13H16N2O3/c14-11-4-1-8(5-12(11)16)13(17)15-6-9-2-3-10(7-15)18-9/h1,4-5,9-10,16H,2-3,6-7,14H2. The number of phenolic OH excluding ortho intramolecular Hbond substituents is 1. The number of anilines is 1. The number of phenols is 1. The van der Waals surface area contributed by atoms with Crippen LogP contribution in [0.25, 0.3) is 0 Å². The van der Waals surface area contributed by atoms with Crippen molar-refractivity contribution in [3.63, 3.8) is 0 Å². The van der Waals surface area contributed by atoms with Crippen molar-refractivity contribution in [1.29, 1.82) is 0 Å². The first kappa shape index (κ1) is 11.3. The van der Waals surface area contributed by atoms with Crippen LogP contribution in [0.2, 0.25) is 0 Å². The van der Waals surface area contributed by atoms with Crippen LogP contribution < -0.4 is 5.73 Å². The molecule has 1 aromatic rings. The number of morpholine rings is 1. The normalized spacial score (nSPS) is 26.3. The maximum atomic E-state index is 12.3. The lowest BCUT2D eigenvalue weighted by atomic mass is 10.1. The number of carbonyl (C=O) groups is 1. The number of amides is 1. The van der Waals surface area contributed by atoms with Crippen LogP contribution >= 0.6 is 0 Å². The van der Waals surface area contributed by atoms with Gasteiger partial charge in [0.05, 0.1) is 17.9 Å². The van der Waals surface area contributed by atoms with E-state index >= 15 is 0 Å². The fraction of sp³-hybridized carbons (Fsp3) is 0.462. The number of likely N-dealkylation sites (tertiary alicyclic amines) is 1. The molecule has 2 bridgehead atoms. The average molecular weight is 248 g/mol. The Morgan fingerprint density at radius 3 is 2.61 bits per heavy atom. The van der Waals surface area contributed by atoms with Crippen LogP contribution in [0.4, 0.5) is 5.69 Å². The molecule has 2 aliphatic rings. The summed E-state index contributed by atoms with van der Waals surface area (Å²) in [6.07, 6.45) is 2.41. The molecule has 2 heterocycles. The third kappa shape index (κ3) is 1.90. The number of nitrogens with zero attached hydrogens (tertiary/aromatic N) is 1. The minimum Gasteiger partial charge on any atom is -0.506 e. The number of hydrogen-bond donors (Lipinski definition) is 2. The summed E-state index contributed by atoms with van der Waals surface area (Å²) in [7, 11) is 0. The molecule has 2 saturated heterocycles. The van der Waals surface area contributed by atoms with Crippen LogP contribution in [0.3, 0.4) is 0 Å². The molecule has 0 saturated carbocycles. The van der Waals surface area contributed by atoms with Crippen LogP contribution in [0.15, 0.2) is 18.2 Å². The van der Waals surface area contributed by atoms with Gasteiger partial charge in [0.25, 0.3) is 5.91 Å². The molecule has 2 unspecified atom stereocenters. The third-order valence-corrected chi connectivity index (χ3v) is 3.61. The van der Waals surface area contributed by atoms with E-state index in [1.165, 1.54) is 6.07 Å². The van der Waals surface area contributed by atoms with E-state index < -0.39 is 0 Å². The average Bonchev–Trinajstić information content (AvgIpc) is 2.71. The smallest absolute Gasteiger partial charge is 0.254 e. The van der Waals surface area contributed by atoms with Crippen LogP contribution in [-0.4, -0.2) is 41.2 Å². The van der Waals surface area contributed by atoms with E-state index in [1.807, 2.05) is 0 Å². The van der Waals surface area contributed by atoms with Crippen LogP contribution in [0.5, 0.6) is 5.75 Å². The van der Waals surface area contributed by atoms with Gasteiger partial charge in [0, 0.05) is 18.7 Å². The minimum absolute atomic E-state index is 0.0444. The molecule has 2 fully saturated rings. The number of rotatable bonds is 1. The molecule has 0 aromatic heterocycles. The molecular formula is C13H16N2O3. The van der Waals surface area contributed by atoms with E-state index in [-0.39, 0.29) is 29.6 Å². The molecular weight excluding hydrogens is 232 g/mol. The van der Waals surface area contributed by atoms with Gasteiger partial charge in [-0.2, -0.15) is 0 Å². The second-order valence-corrected chi connectivity index (χ2v) is 4.94. The van der Waals surface area contributed by atoms with E-state index in [4.69, 9.17) is 10.5 Å². The first-order valence-corrected chi connectivity index (χ1v) is 6.16. The Bertz CT molecular complexity index is 477. The number of nitrogen functional groups attached to an aromatic ring is 1. The van der Waals surface area contributed by atoms with E-state index in [1.54, 1.807) is 17.0 Å². The molecule has 18 heavy (non-hydrogen) atoms. The molecule has 0 spiro atoms. The number of ether oxygens (including phenoxy) is 1. The lowest BCUT2D eigenvalue weighted by molar-refractivity contribution is -0.0303. The van der Waals surface area contributed by atoms with Gasteiger partial charge in [0.1, 0.15) is 5.75 Å². The van der Waals surface area contributed by atoms with Crippen molar-refractivity contribution in [2.75, 3.05) is 18.8 Å².